The van der Waals surface area contributed by atoms with E-state index in [0.29, 0.717) is 29.9 Å². The van der Waals surface area contributed by atoms with E-state index in [1.807, 2.05) is 6.92 Å². The molecule has 1 saturated heterocycles. The van der Waals surface area contributed by atoms with Gasteiger partial charge in [-0.05, 0) is 49.6 Å². The number of carbonyl (C=O) groups is 1. The summed E-state index contributed by atoms with van der Waals surface area (Å²) in [5.74, 6) is -0.170. The molecular formula is C21H23N3O4S2. The molecule has 30 heavy (non-hydrogen) atoms. The van der Waals surface area contributed by atoms with Gasteiger partial charge in [0.25, 0.3) is 15.9 Å². The Balaban J connectivity index is 1.67. The van der Waals surface area contributed by atoms with Crippen LogP contribution in [0, 0.1) is 0 Å². The lowest BCUT2D eigenvalue weighted by atomic mass is 10.1. The van der Waals surface area contributed by atoms with Crippen LogP contribution in [0.2, 0.25) is 0 Å². The topological polar surface area (TPSA) is 88.5 Å². The molecule has 0 saturated carbocycles. The third kappa shape index (κ3) is 3.87. The maximum atomic E-state index is 13.0. The molecule has 0 atom stereocenters. The number of hydrogen-bond donors (Lipinski definition) is 1. The van der Waals surface area contributed by atoms with E-state index in [0.717, 1.165) is 36.1 Å². The number of likely N-dealkylation sites (tertiary alicyclic amines) is 1. The molecule has 0 bridgehead atoms. The summed E-state index contributed by atoms with van der Waals surface area (Å²) in [5, 5.41) is 0. The summed E-state index contributed by atoms with van der Waals surface area (Å²) in [6.45, 7) is 3.95. The van der Waals surface area contributed by atoms with Crippen LogP contribution in [0.3, 0.4) is 0 Å². The van der Waals surface area contributed by atoms with Gasteiger partial charge in [-0.25, -0.2) is 8.42 Å². The second-order valence-corrected chi connectivity index (χ2v) is 9.98. The maximum absolute atomic E-state index is 13.0. The highest BCUT2D eigenvalue weighted by molar-refractivity contribution is 7.92. The van der Waals surface area contributed by atoms with E-state index in [4.69, 9.17) is 0 Å². The lowest BCUT2D eigenvalue weighted by molar-refractivity contribution is 0.0794. The molecule has 1 aliphatic rings. The summed E-state index contributed by atoms with van der Waals surface area (Å²) in [5.41, 5.74) is 1.32. The third-order valence-corrected chi connectivity index (χ3v) is 7.50. The summed E-state index contributed by atoms with van der Waals surface area (Å²) in [7, 11) is -3.93. The van der Waals surface area contributed by atoms with Gasteiger partial charge in [0.05, 0.1) is 26.4 Å². The van der Waals surface area contributed by atoms with Crippen LogP contribution in [0.1, 0.15) is 36.5 Å². The van der Waals surface area contributed by atoms with E-state index < -0.39 is 10.0 Å². The van der Waals surface area contributed by atoms with Crippen molar-refractivity contribution in [3.63, 3.8) is 0 Å². The lowest BCUT2D eigenvalue weighted by Crippen LogP contribution is -2.28. The average molecular weight is 446 g/mol. The molecule has 1 fully saturated rings. The Morgan fingerprint density at radius 3 is 2.60 bits per heavy atom. The number of carbonyl (C=O) groups excluding carboxylic acids is 1. The number of sulfonamides is 1. The highest BCUT2D eigenvalue weighted by Gasteiger charge is 2.24. The van der Waals surface area contributed by atoms with E-state index in [9.17, 15) is 18.0 Å². The van der Waals surface area contributed by atoms with E-state index in [1.54, 1.807) is 39.8 Å². The van der Waals surface area contributed by atoms with Crippen LogP contribution in [0.4, 0.5) is 5.69 Å². The fourth-order valence-corrected chi connectivity index (χ4v) is 5.84. The quantitative estimate of drug-likeness (QED) is 0.629. The van der Waals surface area contributed by atoms with E-state index >= 15 is 0 Å². The third-order valence-electron chi connectivity index (χ3n) is 5.19. The number of aromatic nitrogens is 1. The van der Waals surface area contributed by atoms with Crippen LogP contribution in [0.25, 0.3) is 10.2 Å². The Labute approximate surface area is 179 Å². The molecule has 1 amide bonds. The predicted molar refractivity (Wildman–Crippen MR) is 119 cm³/mol. The minimum absolute atomic E-state index is 0.0586. The zero-order valence-corrected chi connectivity index (χ0v) is 18.3. The zero-order chi connectivity index (χ0) is 21.3. The first kappa shape index (κ1) is 20.6. The van der Waals surface area contributed by atoms with Crippen molar-refractivity contribution in [2.45, 2.75) is 37.6 Å². The number of nitrogens with zero attached hydrogens (tertiary/aromatic N) is 2. The number of rotatable bonds is 6. The van der Waals surface area contributed by atoms with Crippen LogP contribution in [-0.2, 0) is 16.6 Å². The molecule has 0 unspecified atom stereocenters. The van der Waals surface area contributed by atoms with Crippen LogP contribution in [0.5, 0.6) is 0 Å². The molecule has 7 nitrogen and oxygen atoms in total. The van der Waals surface area contributed by atoms with Gasteiger partial charge < -0.3 is 4.90 Å². The second-order valence-electron chi connectivity index (χ2n) is 7.30. The Morgan fingerprint density at radius 2 is 1.87 bits per heavy atom. The minimum Gasteiger partial charge on any atom is -0.339 e. The molecule has 1 aliphatic heterocycles. The normalized spacial score (nSPS) is 14.4. The summed E-state index contributed by atoms with van der Waals surface area (Å²) in [6.07, 6.45) is 2.73. The second kappa shape index (κ2) is 8.23. The molecule has 4 rings (SSSR count). The van der Waals surface area contributed by atoms with Gasteiger partial charge in [-0.15, -0.1) is 0 Å². The zero-order valence-electron chi connectivity index (χ0n) is 16.6. The molecule has 0 aliphatic carbocycles. The summed E-state index contributed by atoms with van der Waals surface area (Å²) in [6, 6.07) is 11.3. The summed E-state index contributed by atoms with van der Waals surface area (Å²) >= 11 is 1.03. The summed E-state index contributed by atoms with van der Waals surface area (Å²) in [4.78, 5) is 26.7. The van der Waals surface area contributed by atoms with Crippen LogP contribution in [0.15, 0.2) is 52.2 Å². The van der Waals surface area contributed by atoms with Crippen molar-refractivity contribution < 1.29 is 13.2 Å². The van der Waals surface area contributed by atoms with Crippen LogP contribution >= 0.6 is 11.3 Å². The smallest absolute Gasteiger partial charge is 0.308 e. The monoisotopic (exact) mass is 445 g/mol. The molecule has 9 heteroatoms. The Hall–Kier alpha value is -2.65. The van der Waals surface area contributed by atoms with Crippen LogP contribution in [-0.4, -0.2) is 36.9 Å². The van der Waals surface area contributed by atoms with Crippen molar-refractivity contribution in [1.29, 1.82) is 0 Å². The largest absolute Gasteiger partial charge is 0.339 e. The van der Waals surface area contributed by atoms with E-state index in [1.165, 1.54) is 12.1 Å². The molecule has 0 radical (unpaired) electrons. The van der Waals surface area contributed by atoms with Gasteiger partial charge >= 0.3 is 4.87 Å². The minimum atomic E-state index is -3.93. The number of para-hydroxylation sites is 1. The van der Waals surface area contributed by atoms with Crippen molar-refractivity contribution >= 4 is 43.2 Å². The number of benzene rings is 2. The van der Waals surface area contributed by atoms with Gasteiger partial charge in [0.2, 0.25) is 0 Å². The molecule has 2 heterocycles. The van der Waals surface area contributed by atoms with Gasteiger partial charge in [0.15, 0.2) is 0 Å². The fourth-order valence-electron chi connectivity index (χ4n) is 3.70. The van der Waals surface area contributed by atoms with Crippen molar-refractivity contribution in [3.8, 4) is 0 Å². The van der Waals surface area contributed by atoms with Crippen LogP contribution < -0.4 is 9.60 Å². The van der Waals surface area contributed by atoms with Gasteiger partial charge in [0, 0.05) is 19.6 Å². The number of anilines is 1. The molecular weight excluding hydrogens is 422 g/mol. The van der Waals surface area contributed by atoms with Crippen molar-refractivity contribution in [1.82, 2.24) is 9.47 Å². The number of fused-ring (bicyclic) bond motifs is 1. The van der Waals surface area contributed by atoms with Crippen molar-refractivity contribution in [2.75, 3.05) is 17.8 Å². The number of hydrogen-bond acceptors (Lipinski definition) is 5. The first-order chi connectivity index (χ1) is 14.4. The molecule has 1 N–H and O–H groups in total. The molecule has 1 aromatic heterocycles. The Kier molecular flexibility index (Phi) is 5.66. The van der Waals surface area contributed by atoms with Gasteiger partial charge in [0.1, 0.15) is 0 Å². The lowest BCUT2D eigenvalue weighted by Gasteiger charge is -2.18. The first-order valence-electron chi connectivity index (χ1n) is 9.95. The molecule has 0 spiro atoms. The van der Waals surface area contributed by atoms with Gasteiger partial charge in [-0.2, -0.15) is 0 Å². The molecule has 3 aromatic rings. The number of nitrogens with one attached hydrogen (secondary N) is 1. The molecule has 2 aromatic carbocycles. The Morgan fingerprint density at radius 1 is 1.13 bits per heavy atom. The SMILES string of the molecule is CCCn1c(=O)sc2cc(S(=O)(=O)Nc3ccccc3C(=O)N3CCCC3)ccc21. The van der Waals surface area contributed by atoms with E-state index in [-0.39, 0.29) is 21.4 Å². The number of aryl methyl sites for hydroxylation is 1. The highest BCUT2D eigenvalue weighted by Crippen LogP contribution is 2.26. The molecule has 158 valence electrons. The first-order valence-corrected chi connectivity index (χ1v) is 12.2. The average Bonchev–Trinajstić information content (AvgIpc) is 3.36. The number of amides is 1. The fraction of sp³-hybridized carbons (Fsp3) is 0.333. The van der Waals surface area contributed by atoms with Gasteiger partial charge in [-0.3, -0.25) is 18.9 Å². The van der Waals surface area contributed by atoms with Gasteiger partial charge in [-0.1, -0.05) is 30.4 Å². The highest BCUT2D eigenvalue weighted by atomic mass is 32.2. The Bertz CT molecular complexity index is 1250. The number of thiazole rings is 1. The maximum Gasteiger partial charge on any atom is 0.308 e. The van der Waals surface area contributed by atoms with Crippen molar-refractivity contribution in [3.05, 3.63) is 57.7 Å². The predicted octanol–water partition coefficient (Wildman–Crippen LogP) is 3.51. The standard InChI is InChI=1S/C21H23N3O4S2/c1-2-11-24-18-10-9-15(14-19(18)29-21(24)26)30(27,28)22-17-8-4-3-7-16(17)20(25)23-12-5-6-13-23/h3-4,7-10,14,22H,2,5-6,11-13H2,1H3. The van der Waals surface area contributed by atoms with E-state index in [2.05, 4.69) is 4.72 Å². The summed E-state index contributed by atoms with van der Waals surface area (Å²) < 4.78 is 30.9. The van der Waals surface area contributed by atoms with Crippen molar-refractivity contribution in [2.24, 2.45) is 0 Å².